The zero-order valence-electron chi connectivity index (χ0n) is 9.49. The van der Waals surface area contributed by atoms with Gasteiger partial charge in [0.2, 0.25) is 0 Å². The van der Waals surface area contributed by atoms with Crippen molar-refractivity contribution in [3.63, 3.8) is 0 Å². The van der Waals surface area contributed by atoms with Crippen molar-refractivity contribution < 1.29 is 67.4 Å². The number of aliphatic hydroxyl groups excluding tert-OH is 1. The smallest absolute Gasteiger partial charge is 1.00 e. The molecule has 0 aliphatic heterocycles. The van der Waals surface area contributed by atoms with Crippen LogP contribution in [0.2, 0.25) is 0 Å². The first-order valence-electron chi connectivity index (χ1n) is 4.15. The molecule has 0 atom stereocenters. The van der Waals surface area contributed by atoms with Crippen molar-refractivity contribution in [2.75, 3.05) is 6.61 Å². The van der Waals surface area contributed by atoms with Crippen molar-refractivity contribution in [3.05, 3.63) is 35.4 Å². The monoisotopic (exact) mass is 220 g/mol. The third-order valence-electron chi connectivity index (χ3n) is 1.68. The van der Waals surface area contributed by atoms with E-state index in [0.29, 0.717) is 17.7 Å². The Morgan fingerprint density at radius 3 is 2.71 bits per heavy atom. The van der Waals surface area contributed by atoms with E-state index in [9.17, 15) is 4.79 Å². The van der Waals surface area contributed by atoms with E-state index < -0.39 is 0 Å². The van der Waals surface area contributed by atoms with Gasteiger partial charge in [-0.25, -0.2) is 4.79 Å². The van der Waals surface area contributed by atoms with Crippen molar-refractivity contribution in [2.45, 2.75) is 13.5 Å². The van der Waals surface area contributed by atoms with Crippen LogP contribution >= 0.6 is 0 Å². The number of carbonyl (C=O) groups excluding carboxylic acids is 1. The van der Waals surface area contributed by atoms with Gasteiger partial charge < -0.3 is 11.3 Å². The van der Waals surface area contributed by atoms with E-state index >= 15 is 0 Å². The molecular formula is C10H13KO3. The molecule has 0 heterocycles. The number of ether oxygens (including phenoxy) is 1. The van der Waals surface area contributed by atoms with E-state index in [2.05, 4.69) is 0 Å². The summed E-state index contributed by atoms with van der Waals surface area (Å²) in [5.41, 5.74) is 1.04. The Balaban J connectivity index is 0. The number of aliphatic hydroxyl groups is 1. The van der Waals surface area contributed by atoms with Gasteiger partial charge in [0.1, 0.15) is 0 Å². The predicted molar refractivity (Wildman–Crippen MR) is 49.4 cm³/mol. The molecular weight excluding hydrogens is 207 g/mol. The first-order chi connectivity index (χ1) is 6.29. The number of carbonyl (C=O) groups is 1. The van der Waals surface area contributed by atoms with Crippen LogP contribution in [0.25, 0.3) is 0 Å². The molecule has 4 heteroatoms. The second kappa shape index (κ2) is 7.56. The van der Waals surface area contributed by atoms with E-state index in [0.717, 1.165) is 0 Å². The van der Waals surface area contributed by atoms with E-state index in [4.69, 9.17) is 9.84 Å². The van der Waals surface area contributed by atoms with Crippen LogP contribution in [0.5, 0.6) is 0 Å². The van der Waals surface area contributed by atoms with Gasteiger partial charge in [0.05, 0.1) is 18.8 Å². The van der Waals surface area contributed by atoms with E-state index in [1.807, 2.05) is 0 Å². The van der Waals surface area contributed by atoms with Gasteiger partial charge in [-0.1, -0.05) is 18.2 Å². The maximum absolute atomic E-state index is 11.3. The van der Waals surface area contributed by atoms with Crippen LogP contribution in [0.15, 0.2) is 24.3 Å². The Morgan fingerprint density at radius 1 is 1.50 bits per heavy atom. The van der Waals surface area contributed by atoms with E-state index in [1.54, 1.807) is 31.2 Å². The molecule has 0 aliphatic carbocycles. The fourth-order valence-corrected chi connectivity index (χ4v) is 1.07. The summed E-state index contributed by atoms with van der Waals surface area (Å²) in [5.74, 6) is -0.382. The van der Waals surface area contributed by atoms with Gasteiger partial charge in [-0.2, -0.15) is 0 Å². The molecule has 0 fully saturated rings. The maximum Gasteiger partial charge on any atom is 1.00 e. The van der Waals surface area contributed by atoms with E-state index in [-0.39, 0.29) is 65.4 Å². The van der Waals surface area contributed by atoms with Crippen molar-refractivity contribution in [2.24, 2.45) is 0 Å². The zero-order chi connectivity index (χ0) is 9.68. The fourth-order valence-electron chi connectivity index (χ4n) is 1.07. The Morgan fingerprint density at radius 2 is 2.14 bits per heavy atom. The first-order valence-corrected chi connectivity index (χ1v) is 4.15. The van der Waals surface area contributed by atoms with Crippen molar-refractivity contribution in [1.29, 1.82) is 0 Å². The summed E-state index contributed by atoms with van der Waals surface area (Å²) in [6.45, 7) is 1.95. The summed E-state index contributed by atoms with van der Waals surface area (Å²) in [6, 6.07) is 6.86. The minimum absolute atomic E-state index is 0. The van der Waals surface area contributed by atoms with Crippen LogP contribution in [0.4, 0.5) is 0 Å². The molecule has 0 radical (unpaired) electrons. The van der Waals surface area contributed by atoms with Gasteiger partial charge in [0.25, 0.3) is 0 Å². The van der Waals surface area contributed by atoms with Crippen LogP contribution in [0.3, 0.4) is 0 Å². The van der Waals surface area contributed by atoms with Gasteiger partial charge in [0.15, 0.2) is 0 Å². The third-order valence-corrected chi connectivity index (χ3v) is 1.68. The molecule has 0 spiro atoms. The fraction of sp³-hybridized carbons (Fsp3) is 0.300. The molecule has 0 saturated carbocycles. The average molecular weight is 220 g/mol. The van der Waals surface area contributed by atoms with Gasteiger partial charge in [-0.15, -0.1) is 0 Å². The summed E-state index contributed by atoms with van der Waals surface area (Å²) in [4.78, 5) is 11.3. The summed E-state index contributed by atoms with van der Waals surface area (Å²) in [6.07, 6.45) is 0. The minimum atomic E-state index is -0.382. The Kier molecular flexibility index (Phi) is 7.72. The topological polar surface area (TPSA) is 46.5 Å². The van der Waals surface area contributed by atoms with Crippen molar-refractivity contribution >= 4 is 5.97 Å². The molecule has 1 aromatic carbocycles. The first kappa shape index (κ1) is 14.3. The number of benzene rings is 1. The molecule has 14 heavy (non-hydrogen) atoms. The summed E-state index contributed by atoms with van der Waals surface area (Å²) in [5, 5.41) is 8.93. The van der Waals surface area contributed by atoms with Crippen LogP contribution in [-0.2, 0) is 11.3 Å². The average Bonchev–Trinajstić information content (AvgIpc) is 2.18. The molecule has 0 unspecified atom stereocenters. The number of hydrogen-bond acceptors (Lipinski definition) is 3. The summed E-state index contributed by atoms with van der Waals surface area (Å²) >= 11 is 0. The summed E-state index contributed by atoms with van der Waals surface area (Å²) in [7, 11) is 0. The molecule has 0 aromatic heterocycles. The Labute approximate surface area is 127 Å². The molecule has 1 N–H and O–H groups in total. The van der Waals surface area contributed by atoms with Crippen LogP contribution in [0.1, 0.15) is 24.3 Å². The minimum Gasteiger partial charge on any atom is -1.00 e. The standard InChI is InChI=1S/C10H12O3.K.H/c1-2-13-10(12)9-6-4-3-5-8(9)7-11;;/h3-6,11H,2,7H2,1H3;;/q;+1;-1. The molecule has 0 aliphatic rings. The van der Waals surface area contributed by atoms with Crippen LogP contribution < -0.4 is 51.4 Å². The molecule has 72 valence electrons. The van der Waals surface area contributed by atoms with Gasteiger partial charge in [0, 0.05) is 0 Å². The Bertz CT molecular complexity index is 304. The summed E-state index contributed by atoms with van der Waals surface area (Å²) < 4.78 is 4.82. The molecule has 1 aromatic rings. The Hall–Kier alpha value is 0.286. The van der Waals surface area contributed by atoms with E-state index in [1.165, 1.54) is 0 Å². The van der Waals surface area contributed by atoms with Crippen LogP contribution in [0, 0.1) is 0 Å². The molecule has 0 amide bonds. The molecule has 3 nitrogen and oxygen atoms in total. The normalized spacial score (nSPS) is 9.00. The van der Waals surface area contributed by atoms with Gasteiger partial charge >= 0.3 is 57.4 Å². The molecule has 0 saturated heterocycles. The van der Waals surface area contributed by atoms with Crippen molar-refractivity contribution in [1.82, 2.24) is 0 Å². The second-order valence-electron chi connectivity index (χ2n) is 2.54. The van der Waals surface area contributed by atoms with Crippen LogP contribution in [-0.4, -0.2) is 17.7 Å². The third kappa shape index (κ3) is 3.80. The second-order valence-corrected chi connectivity index (χ2v) is 2.54. The maximum atomic E-state index is 11.3. The number of esters is 1. The molecule has 0 bridgehead atoms. The van der Waals surface area contributed by atoms with Gasteiger partial charge in [-0.3, -0.25) is 0 Å². The predicted octanol–water partition coefficient (Wildman–Crippen LogP) is -1.53. The number of rotatable bonds is 3. The number of hydrogen-bond donors (Lipinski definition) is 1. The zero-order valence-corrected chi connectivity index (χ0v) is 11.6. The largest absolute Gasteiger partial charge is 1.00 e. The quantitative estimate of drug-likeness (QED) is 0.497. The van der Waals surface area contributed by atoms with Gasteiger partial charge in [-0.05, 0) is 18.6 Å². The van der Waals surface area contributed by atoms with Crippen molar-refractivity contribution in [3.8, 4) is 0 Å². The SMILES string of the molecule is CCOC(=O)c1ccccc1CO.[H-].[K+]. The molecule has 1 rings (SSSR count).